The normalized spacial score (nSPS) is 12.4. The Morgan fingerprint density at radius 2 is 1.85 bits per heavy atom. The molecule has 0 saturated heterocycles. The minimum Gasteiger partial charge on any atom is -0.273 e. The third-order valence-electron chi connectivity index (χ3n) is 1.58. The van der Waals surface area contributed by atoms with Gasteiger partial charge in [0.15, 0.2) is 0 Å². The van der Waals surface area contributed by atoms with Crippen molar-refractivity contribution >= 4 is 11.6 Å². The summed E-state index contributed by atoms with van der Waals surface area (Å²) in [6.45, 7) is 9.89. The van der Waals surface area contributed by atoms with Crippen molar-refractivity contribution < 1.29 is 4.79 Å². The summed E-state index contributed by atoms with van der Waals surface area (Å²) in [7, 11) is 0. The molecule has 0 atom stereocenters. The number of carbonyl (C=O) groups is 1. The number of hydrogen-bond donors (Lipinski definition) is 1. The highest BCUT2D eigenvalue weighted by Crippen LogP contribution is 2.00. The maximum Gasteiger partial charge on any atom is 0.242 e. The van der Waals surface area contributed by atoms with Crippen LogP contribution in [0.2, 0.25) is 0 Å². The summed E-state index contributed by atoms with van der Waals surface area (Å²) in [5.74, 6) is 0.554. The molecule has 1 amide bonds. The van der Waals surface area contributed by atoms with Crippen molar-refractivity contribution in [2.24, 2.45) is 16.9 Å². The Hall–Kier alpha value is -0.860. The molecule has 0 heterocycles. The molecule has 0 aromatic heterocycles. The fourth-order valence-electron chi connectivity index (χ4n) is 0.916. The van der Waals surface area contributed by atoms with Crippen molar-refractivity contribution in [3.8, 4) is 0 Å². The highest BCUT2D eigenvalue weighted by Gasteiger charge is 2.04. The Morgan fingerprint density at radius 1 is 1.31 bits per heavy atom. The van der Waals surface area contributed by atoms with Crippen LogP contribution in [0.4, 0.5) is 0 Å². The van der Waals surface area contributed by atoms with Crippen molar-refractivity contribution in [3.05, 3.63) is 0 Å². The summed E-state index contributed by atoms with van der Waals surface area (Å²) in [6, 6.07) is 0. The molecular formula is C10H20N2O. The third kappa shape index (κ3) is 6.31. The van der Waals surface area contributed by atoms with E-state index in [4.69, 9.17) is 0 Å². The van der Waals surface area contributed by atoms with E-state index in [-0.39, 0.29) is 11.8 Å². The minimum atomic E-state index is -0.0249. The Labute approximate surface area is 80.6 Å². The molecule has 0 radical (unpaired) electrons. The van der Waals surface area contributed by atoms with E-state index in [9.17, 15) is 4.79 Å². The van der Waals surface area contributed by atoms with Gasteiger partial charge in [0.2, 0.25) is 5.91 Å². The van der Waals surface area contributed by atoms with Gasteiger partial charge in [-0.2, -0.15) is 5.10 Å². The van der Waals surface area contributed by atoms with Gasteiger partial charge in [0, 0.05) is 11.6 Å². The number of carbonyl (C=O) groups excluding carboxylic acids is 1. The van der Waals surface area contributed by atoms with E-state index in [1.165, 1.54) is 0 Å². The van der Waals surface area contributed by atoms with Gasteiger partial charge in [-0.25, -0.2) is 5.43 Å². The van der Waals surface area contributed by atoms with Crippen LogP contribution >= 0.6 is 0 Å². The lowest BCUT2D eigenvalue weighted by Gasteiger charge is -2.06. The maximum absolute atomic E-state index is 11.1. The van der Waals surface area contributed by atoms with Crippen LogP contribution in [0.25, 0.3) is 0 Å². The fourth-order valence-corrected chi connectivity index (χ4v) is 0.916. The second kappa shape index (κ2) is 5.73. The molecule has 76 valence electrons. The molecule has 0 aliphatic carbocycles. The molecule has 0 saturated carbocycles. The number of rotatable bonds is 4. The zero-order valence-corrected chi connectivity index (χ0v) is 9.22. The molecule has 0 bridgehead atoms. The van der Waals surface area contributed by atoms with Crippen molar-refractivity contribution in [3.63, 3.8) is 0 Å². The summed E-state index contributed by atoms with van der Waals surface area (Å²) in [4.78, 5) is 11.1. The molecule has 0 aliphatic rings. The van der Waals surface area contributed by atoms with E-state index < -0.39 is 0 Å². The van der Waals surface area contributed by atoms with E-state index in [2.05, 4.69) is 24.4 Å². The molecule has 0 fully saturated rings. The molecule has 0 unspecified atom stereocenters. The first-order valence-electron chi connectivity index (χ1n) is 4.76. The number of nitrogens with one attached hydrogen (secondary N) is 1. The summed E-state index contributed by atoms with van der Waals surface area (Å²) in [5, 5.41) is 4.00. The molecule has 3 nitrogen and oxygen atoms in total. The second-order valence-electron chi connectivity index (χ2n) is 4.08. The van der Waals surface area contributed by atoms with E-state index in [0.29, 0.717) is 5.92 Å². The SMILES string of the molecule is C/C(CC(C)C)=N/NC(=O)C(C)C. The van der Waals surface area contributed by atoms with Crippen LogP contribution in [-0.2, 0) is 4.79 Å². The van der Waals surface area contributed by atoms with E-state index in [0.717, 1.165) is 12.1 Å². The van der Waals surface area contributed by atoms with Gasteiger partial charge < -0.3 is 0 Å². The molecule has 1 N–H and O–H groups in total. The predicted molar refractivity (Wildman–Crippen MR) is 55.5 cm³/mol. The molecule has 3 heteroatoms. The van der Waals surface area contributed by atoms with Gasteiger partial charge in [-0.1, -0.05) is 27.7 Å². The summed E-state index contributed by atoms with van der Waals surface area (Å²) < 4.78 is 0. The molecule has 0 aromatic carbocycles. The van der Waals surface area contributed by atoms with Crippen LogP contribution in [0, 0.1) is 11.8 Å². The Bertz CT molecular complexity index is 195. The van der Waals surface area contributed by atoms with E-state index in [1.54, 1.807) is 0 Å². The van der Waals surface area contributed by atoms with Gasteiger partial charge in [0.1, 0.15) is 0 Å². The van der Waals surface area contributed by atoms with Crippen LogP contribution in [0.3, 0.4) is 0 Å². The van der Waals surface area contributed by atoms with Crippen LogP contribution in [0.5, 0.6) is 0 Å². The monoisotopic (exact) mass is 184 g/mol. The zero-order chi connectivity index (χ0) is 10.4. The van der Waals surface area contributed by atoms with Gasteiger partial charge in [0.25, 0.3) is 0 Å². The Kier molecular flexibility index (Phi) is 5.35. The van der Waals surface area contributed by atoms with Crippen molar-refractivity contribution in [1.82, 2.24) is 5.43 Å². The molecule has 0 aliphatic heterocycles. The summed E-state index contributed by atoms with van der Waals surface area (Å²) in [6.07, 6.45) is 0.929. The van der Waals surface area contributed by atoms with Crippen molar-refractivity contribution in [1.29, 1.82) is 0 Å². The lowest BCUT2D eigenvalue weighted by atomic mass is 10.1. The first-order valence-corrected chi connectivity index (χ1v) is 4.76. The minimum absolute atomic E-state index is 0.00407. The smallest absolute Gasteiger partial charge is 0.242 e. The quantitative estimate of drug-likeness (QED) is 0.528. The Balaban J connectivity index is 3.90. The van der Waals surface area contributed by atoms with E-state index in [1.807, 2.05) is 20.8 Å². The van der Waals surface area contributed by atoms with Crippen LogP contribution in [-0.4, -0.2) is 11.6 Å². The largest absolute Gasteiger partial charge is 0.273 e. The molecule has 0 rings (SSSR count). The van der Waals surface area contributed by atoms with Crippen LogP contribution in [0.1, 0.15) is 41.0 Å². The molecule has 13 heavy (non-hydrogen) atoms. The van der Waals surface area contributed by atoms with Crippen molar-refractivity contribution in [2.45, 2.75) is 41.0 Å². The zero-order valence-electron chi connectivity index (χ0n) is 9.22. The first kappa shape index (κ1) is 12.1. The van der Waals surface area contributed by atoms with Crippen LogP contribution in [0.15, 0.2) is 5.10 Å². The van der Waals surface area contributed by atoms with Gasteiger partial charge in [0.05, 0.1) is 0 Å². The van der Waals surface area contributed by atoms with Gasteiger partial charge >= 0.3 is 0 Å². The number of hydrogen-bond acceptors (Lipinski definition) is 2. The highest BCUT2D eigenvalue weighted by molar-refractivity contribution is 5.84. The molecule has 0 aromatic rings. The lowest BCUT2D eigenvalue weighted by Crippen LogP contribution is -2.24. The topological polar surface area (TPSA) is 41.5 Å². The highest BCUT2D eigenvalue weighted by atomic mass is 16.2. The number of nitrogens with zero attached hydrogens (tertiary/aromatic N) is 1. The molecular weight excluding hydrogens is 164 g/mol. The predicted octanol–water partition coefficient (Wildman–Crippen LogP) is 2.18. The van der Waals surface area contributed by atoms with Gasteiger partial charge in [-0.15, -0.1) is 0 Å². The Morgan fingerprint density at radius 3 is 2.23 bits per heavy atom. The summed E-state index contributed by atoms with van der Waals surface area (Å²) >= 11 is 0. The van der Waals surface area contributed by atoms with Gasteiger partial charge in [-0.3, -0.25) is 4.79 Å². The average molecular weight is 184 g/mol. The lowest BCUT2D eigenvalue weighted by molar-refractivity contribution is -0.123. The average Bonchev–Trinajstić information content (AvgIpc) is 1.98. The van der Waals surface area contributed by atoms with Crippen molar-refractivity contribution in [2.75, 3.05) is 0 Å². The van der Waals surface area contributed by atoms with Gasteiger partial charge in [-0.05, 0) is 19.3 Å². The number of amides is 1. The van der Waals surface area contributed by atoms with Crippen LogP contribution < -0.4 is 5.43 Å². The molecule has 0 spiro atoms. The third-order valence-corrected chi connectivity index (χ3v) is 1.58. The fraction of sp³-hybridized carbons (Fsp3) is 0.800. The standard InChI is InChI=1S/C10H20N2O/c1-7(2)6-9(5)11-12-10(13)8(3)4/h7-8H,6H2,1-5H3,(H,12,13)/b11-9-. The first-order chi connectivity index (χ1) is 5.93. The second-order valence-corrected chi connectivity index (χ2v) is 4.08. The maximum atomic E-state index is 11.1. The number of hydrazone groups is 1. The summed E-state index contributed by atoms with van der Waals surface area (Å²) in [5.41, 5.74) is 3.51. The van der Waals surface area contributed by atoms with E-state index >= 15 is 0 Å².